The molecule has 1 aliphatic rings. The maximum absolute atomic E-state index is 13.0. The summed E-state index contributed by atoms with van der Waals surface area (Å²) in [5.74, 6) is 0.539. The summed E-state index contributed by atoms with van der Waals surface area (Å²) in [5.41, 5.74) is 6.69. The second-order valence-electron chi connectivity index (χ2n) is 6.10. The van der Waals surface area contributed by atoms with Crippen molar-refractivity contribution in [2.24, 2.45) is 11.7 Å². The van der Waals surface area contributed by atoms with Crippen LogP contribution in [-0.4, -0.2) is 48.9 Å². The van der Waals surface area contributed by atoms with Gasteiger partial charge in [0.25, 0.3) is 0 Å². The monoisotopic (exact) mass is 309 g/mol. The Balaban J connectivity index is 2.25. The Morgan fingerprint density at radius 3 is 2.76 bits per heavy atom. The standard InChI is InChI=1S/C16H24ClN3O/c1-11-7-12(9-18)10-20(11)16(21)15(19(2)3)13-5-4-6-14(17)8-13/h4-6,8,11-12,15H,7,9-10,18H2,1-3H3. The van der Waals surface area contributed by atoms with Crippen LogP contribution in [0.4, 0.5) is 0 Å². The van der Waals surface area contributed by atoms with Gasteiger partial charge in [0.1, 0.15) is 6.04 Å². The van der Waals surface area contributed by atoms with Crippen LogP contribution >= 0.6 is 11.6 Å². The molecule has 116 valence electrons. The summed E-state index contributed by atoms with van der Waals surface area (Å²) < 4.78 is 0. The summed E-state index contributed by atoms with van der Waals surface area (Å²) in [7, 11) is 3.84. The van der Waals surface area contributed by atoms with E-state index in [2.05, 4.69) is 6.92 Å². The van der Waals surface area contributed by atoms with Gasteiger partial charge in [0.2, 0.25) is 5.91 Å². The van der Waals surface area contributed by atoms with Crippen molar-refractivity contribution in [2.75, 3.05) is 27.2 Å². The molecule has 5 heteroatoms. The fraction of sp³-hybridized carbons (Fsp3) is 0.562. The number of likely N-dealkylation sites (tertiary alicyclic amines) is 1. The first-order chi connectivity index (χ1) is 9.93. The van der Waals surface area contributed by atoms with Gasteiger partial charge in [-0.1, -0.05) is 23.7 Å². The van der Waals surface area contributed by atoms with E-state index in [1.54, 1.807) is 0 Å². The van der Waals surface area contributed by atoms with Crippen molar-refractivity contribution in [3.63, 3.8) is 0 Å². The second-order valence-corrected chi connectivity index (χ2v) is 6.53. The molecule has 2 N–H and O–H groups in total. The van der Waals surface area contributed by atoms with E-state index in [-0.39, 0.29) is 18.0 Å². The van der Waals surface area contributed by atoms with Crippen molar-refractivity contribution < 1.29 is 4.79 Å². The van der Waals surface area contributed by atoms with Gasteiger partial charge in [-0.05, 0) is 57.6 Å². The minimum absolute atomic E-state index is 0.130. The normalized spacial score (nSPS) is 23.6. The van der Waals surface area contributed by atoms with Crippen LogP contribution in [0, 0.1) is 5.92 Å². The van der Waals surface area contributed by atoms with Gasteiger partial charge in [0.15, 0.2) is 0 Å². The molecule has 0 aromatic heterocycles. The van der Waals surface area contributed by atoms with Crippen LogP contribution in [0.3, 0.4) is 0 Å². The number of hydrogen-bond donors (Lipinski definition) is 1. The van der Waals surface area contributed by atoms with E-state index in [0.717, 1.165) is 18.5 Å². The zero-order valence-electron chi connectivity index (χ0n) is 12.9. The quantitative estimate of drug-likeness (QED) is 0.927. The lowest BCUT2D eigenvalue weighted by molar-refractivity contribution is -0.137. The molecular formula is C16H24ClN3O. The smallest absolute Gasteiger partial charge is 0.244 e. The molecule has 1 amide bonds. The number of hydrogen-bond acceptors (Lipinski definition) is 3. The zero-order valence-corrected chi connectivity index (χ0v) is 13.7. The number of likely N-dealkylation sites (N-methyl/N-ethyl adjacent to an activating group) is 1. The molecule has 1 aromatic carbocycles. The summed E-state index contributed by atoms with van der Waals surface area (Å²) in [6.45, 7) is 3.48. The van der Waals surface area contributed by atoms with E-state index in [4.69, 9.17) is 17.3 Å². The highest BCUT2D eigenvalue weighted by molar-refractivity contribution is 6.30. The molecule has 1 heterocycles. The number of carbonyl (C=O) groups is 1. The molecule has 3 unspecified atom stereocenters. The predicted molar refractivity (Wildman–Crippen MR) is 86.2 cm³/mol. The third-order valence-electron chi connectivity index (χ3n) is 4.19. The molecule has 0 bridgehead atoms. The van der Waals surface area contributed by atoms with Gasteiger partial charge in [-0.2, -0.15) is 0 Å². The van der Waals surface area contributed by atoms with Crippen LogP contribution in [0.2, 0.25) is 5.02 Å². The molecule has 2 rings (SSSR count). The SMILES string of the molecule is CC1CC(CN)CN1C(=O)C(c1cccc(Cl)c1)N(C)C. The van der Waals surface area contributed by atoms with Gasteiger partial charge >= 0.3 is 0 Å². The summed E-state index contributed by atoms with van der Waals surface area (Å²) in [4.78, 5) is 16.9. The van der Waals surface area contributed by atoms with Crippen LogP contribution in [-0.2, 0) is 4.79 Å². The van der Waals surface area contributed by atoms with Crippen LogP contribution in [0.25, 0.3) is 0 Å². The zero-order chi connectivity index (χ0) is 15.6. The third-order valence-corrected chi connectivity index (χ3v) is 4.43. The van der Waals surface area contributed by atoms with Crippen molar-refractivity contribution >= 4 is 17.5 Å². The van der Waals surface area contributed by atoms with Crippen molar-refractivity contribution in [1.82, 2.24) is 9.80 Å². The van der Waals surface area contributed by atoms with Gasteiger partial charge in [-0.3, -0.25) is 9.69 Å². The maximum atomic E-state index is 13.0. The Labute approximate surface area is 131 Å². The lowest BCUT2D eigenvalue weighted by Gasteiger charge is -2.31. The van der Waals surface area contributed by atoms with Crippen LogP contribution < -0.4 is 5.73 Å². The number of nitrogens with zero attached hydrogens (tertiary/aromatic N) is 2. The average Bonchev–Trinajstić information content (AvgIpc) is 2.80. The molecule has 1 aromatic rings. The van der Waals surface area contributed by atoms with E-state index in [1.165, 1.54) is 0 Å². The number of carbonyl (C=O) groups excluding carboxylic acids is 1. The predicted octanol–water partition coefficient (Wildman–Crippen LogP) is 2.14. The van der Waals surface area contributed by atoms with Gasteiger partial charge in [0, 0.05) is 17.6 Å². The summed E-state index contributed by atoms with van der Waals surface area (Å²) in [5, 5.41) is 0.654. The molecule has 21 heavy (non-hydrogen) atoms. The fourth-order valence-corrected chi connectivity index (χ4v) is 3.31. The Morgan fingerprint density at radius 1 is 1.52 bits per heavy atom. The molecule has 1 fully saturated rings. The van der Waals surface area contributed by atoms with Crippen molar-refractivity contribution in [3.8, 4) is 0 Å². The molecule has 0 spiro atoms. The second kappa shape index (κ2) is 6.77. The number of rotatable bonds is 4. The average molecular weight is 310 g/mol. The van der Waals surface area contributed by atoms with Crippen LogP contribution in [0.15, 0.2) is 24.3 Å². The third kappa shape index (κ3) is 3.57. The first-order valence-corrected chi connectivity index (χ1v) is 7.74. The van der Waals surface area contributed by atoms with E-state index in [1.807, 2.05) is 48.2 Å². The molecule has 0 aliphatic carbocycles. The van der Waals surface area contributed by atoms with Crippen molar-refractivity contribution in [2.45, 2.75) is 25.4 Å². The molecule has 3 atom stereocenters. The van der Waals surface area contributed by atoms with Crippen LogP contribution in [0.1, 0.15) is 24.9 Å². The first-order valence-electron chi connectivity index (χ1n) is 7.36. The van der Waals surface area contributed by atoms with Gasteiger partial charge < -0.3 is 10.6 Å². The minimum atomic E-state index is -0.303. The molecular weight excluding hydrogens is 286 g/mol. The number of nitrogens with two attached hydrogens (primary N) is 1. The van der Waals surface area contributed by atoms with Gasteiger partial charge in [-0.15, -0.1) is 0 Å². The molecule has 1 saturated heterocycles. The Bertz CT molecular complexity index is 506. The number of halogens is 1. The van der Waals surface area contributed by atoms with Gasteiger partial charge in [0.05, 0.1) is 0 Å². The molecule has 0 radical (unpaired) electrons. The van der Waals surface area contributed by atoms with E-state index in [0.29, 0.717) is 17.5 Å². The van der Waals surface area contributed by atoms with E-state index >= 15 is 0 Å². The van der Waals surface area contributed by atoms with Crippen molar-refractivity contribution in [3.05, 3.63) is 34.9 Å². The number of benzene rings is 1. The molecule has 0 saturated carbocycles. The lowest BCUT2D eigenvalue weighted by Crippen LogP contribution is -2.42. The Morgan fingerprint density at radius 2 is 2.24 bits per heavy atom. The molecule has 4 nitrogen and oxygen atoms in total. The van der Waals surface area contributed by atoms with Gasteiger partial charge in [-0.25, -0.2) is 0 Å². The summed E-state index contributed by atoms with van der Waals surface area (Å²) in [6, 6.07) is 7.47. The fourth-order valence-electron chi connectivity index (χ4n) is 3.12. The van der Waals surface area contributed by atoms with E-state index in [9.17, 15) is 4.79 Å². The van der Waals surface area contributed by atoms with E-state index < -0.39 is 0 Å². The topological polar surface area (TPSA) is 49.6 Å². The highest BCUT2D eigenvalue weighted by Crippen LogP contribution is 2.29. The maximum Gasteiger partial charge on any atom is 0.244 e. The lowest BCUT2D eigenvalue weighted by atomic mass is 10.0. The van der Waals surface area contributed by atoms with Crippen molar-refractivity contribution in [1.29, 1.82) is 0 Å². The Kier molecular flexibility index (Phi) is 5.25. The largest absolute Gasteiger partial charge is 0.338 e. The highest BCUT2D eigenvalue weighted by Gasteiger charge is 2.36. The van der Waals surface area contributed by atoms with Crippen LogP contribution in [0.5, 0.6) is 0 Å². The first kappa shape index (κ1) is 16.3. The minimum Gasteiger partial charge on any atom is -0.338 e. The summed E-state index contributed by atoms with van der Waals surface area (Å²) in [6.07, 6.45) is 0.984. The highest BCUT2D eigenvalue weighted by atomic mass is 35.5. The summed E-state index contributed by atoms with van der Waals surface area (Å²) >= 11 is 6.07. The Hall–Kier alpha value is -1.10. The molecule has 1 aliphatic heterocycles. The number of amides is 1.